The van der Waals surface area contributed by atoms with Gasteiger partial charge in [0, 0.05) is 11.6 Å². The third-order valence-electron chi connectivity index (χ3n) is 2.92. The highest BCUT2D eigenvalue weighted by molar-refractivity contribution is 5.60. The lowest BCUT2D eigenvalue weighted by Crippen LogP contribution is -2.31. The van der Waals surface area contributed by atoms with Gasteiger partial charge in [-0.25, -0.2) is 4.68 Å². The number of aromatic nitrogens is 2. The summed E-state index contributed by atoms with van der Waals surface area (Å²) in [6, 6.07) is 10.7. The van der Waals surface area contributed by atoms with Crippen LogP contribution in [-0.2, 0) is 0 Å². The van der Waals surface area contributed by atoms with Crippen LogP contribution in [0.2, 0.25) is 0 Å². The number of methoxy groups -OCH3 is 1. The van der Waals surface area contributed by atoms with Crippen molar-refractivity contribution in [1.82, 2.24) is 9.78 Å². The molecule has 19 heavy (non-hydrogen) atoms. The van der Waals surface area contributed by atoms with Crippen molar-refractivity contribution in [1.29, 1.82) is 0 Å². The number of ether oxygens (including phenoxy) is 1. The van der Waals surface area contributed by atoms with E-state index >= 15 is 0 Å². The van der Waals surface area contributed by atoms with E-state index in [1.54, 1.807) is 13.2 Å². The molecule has 1 aromatic heterocycles. The Hall–Kier alpha value is -2.14. The summed E-state index contributed by atoms with van der Waals surface area (Å²) in [7, 11) is 1.61. The number of hydrogen-bond donors (Lipinski definition) is 1. The van der Waals surface area contributed by atoms with Crippen LogP contribution >= 0.6 is 0 Å². The molecule has 0 spiro atoms. The van der Waals surface area contributed by atoms with E-state index < -0.39 is 6.17 Å². The van der Waals surface area contributed by atoms with Gasteiger partial charge in [0.1, 0.15) is 11.9 Å². The second kappa shape index (κ2) is 5.67. The van der Waals surface area contributed by atoms with Crippen molar-refractivity contribution in [3.05, 3.63) is 46.8 Å². The van der Waals surface area contributed by atoms with Crippen molar-refractivity contribution in [2.24, 2.45) is 5.73 Å². The third kappa shape index (κ3) is 2.82. The highest BCUT2D eigenvalue weighted by Gasteiger charge is 2.08. The number of nitrogens with zero attached hydrogens (tertiary/aromatic N) is 2. The molecule has 0 aliphatic heterocycles. The lowest BCUT2D eigenvalue weighted by atomic mass is 10.1. The highest BCUT2D eigenvalue weighted by Crippen LogP contribution is 2.21. The van der Waals surface area contributed by atoms with Crippen molar-refractivity contribution in [2.75, 3.05) is 7.11 Å². The van der Waals surface area contributed by atoms with Crippen molar-refractivity contribution in [3.8, 4) is 17.0 Å². The smallest absolute Gasteiger partial charge is 0.268 e. The van der Waals surface area contributed by atoms with Crippen molar-refractivity contribution >= 4 is 0 Å². The topological polar surface area (TPSA) is 70.1 Å². The van der Waals surface area contributed by atoms with E-state index in [1.807, 2.05) is 31.2 Å². The van der Waals surface area contributed by atoms with Crippen molar-refractivity contribution in [2.45, 2.75) is 19.5 Å². The molecule has 0 bridgehead atoms. The van der Waals surface area contributed by atoms with E-state index in [9.17, 15) is 4.79 Å². The molecule has 0 amide bonds. The number of benzene rings is 1. The Morgan fingerprint density at radius 2 is 2.16 bits per heavy atom. The molecule has 5 heteroatoms. The van der Waals surface area contributed by atoms with E-state index in [-0.39, 0.29) is 5.56 Å². The predicted molar refractivity (Wildman–Crippen MR) is 74.0 cm³/mol. The highest BCUT2D eigenvalue weighted by atomic mass is 16.5. The maximum absolute atomic E-state index is 11.7. The van der Waals surface area contributed by atoms with E-state index in [0.717, 1.165) is 11.3 Å². The number of nitrogens with two attached hydrogens (primary N) is 1. The molecule has 2 N–H and O–H groups in total. The van der Waals surface area contributed by atoms with Gasteiger partial charge in [0.2, 0.25) is 0 Å². The lowest BCUT2D eigenvalue weighted by molar-refractivity contribution is 0.415. The Kier molecular flexibility index (Phi) is 3.97. The van der Waals surface area contributed by atoms with Gasteiger partial charge in [-0.3, -0.25) is 4.79 Å². The molecule has 5 nitrogen and oxygen atoms in total. The average molecular weight is 259 g/mol. The standard InChI is InChI=1S/C14H17N3O2/c1-3-13(15)17-14(18)8-7-12(16-17)10-5-4-6-11(9-10)19-2/h4-9,13H,3,15H2,1-2H3. The first kappa shape index (κ1) is 13.3. The molecule has 1 heterocycles. The zero-order chi connectivity index (χ0) is 13.8. The van der Waals surface area contributed by atoms with Gasteiger partial charge in [-0.05, 0) is 24.6 Å². The van der Waals surface area contributed by atoms with Crippen molar-refractivity contribution in [3.63, 3.8) is 0 Å². The van der Waals surface area contributed by atoms with Crippen LogP contribution in [0.3, 0.4) is 0 Å². The molecule has 1 aromatic carbocycles. The maximum atomic E-state index is 11.7. The zero-order valence-corrected chi connectivity index (χ0v) is 11.0. The first-order valence-corrected chi connectivity index (χ1v) is 6.15. The Balaban J connectivity index is 2.48. The minimum absolute atomic E-state index is 0.194. The Morgan fingerprint density at radius 1 is 1.37 bits per heavy atom. The molecule has 0 saturated heterocycles. The molecular formula is C14H17N3O2. The number of rotatable bonds is 4. The second-order valence-electron chi connectivity index (χ2n) is 4.21. The molecule has 0 aliphatic carbocycles. The SMILES string of the molecule is CCC(N)n1nc(-c2cccc(OC)c2)ccc1=O. The van der Waals surface area contributed by atoms with Crippen LogP contribution in [-0.4, -0.2) is 16.9 Å². The first-order chi connectivity index (χ1) is 9.15. The van der Waals surface area contributed by atoms with Crippen LogP contribution in [0, 0.1) is 0 Å². The van der Waals surface area contributed by atoms with Crippen LogP contribution in [0.15, 0.2) is 41.2 Å². The van der Waals surface area contributed by atoms with Crippen LogP contribution < -0.4 is 16.0 Å². The van der Waals surface area contributed by atoms with Crippen LogP contribution in [0.4, 0.5) is 0 Å². The van der Waals surface area contributed by atoms with Gasteiger partial charge < -0.3 is 10.5 Å². The van der Waals surface area contributed by atoms with Gasteiger partial charge >= 0.3 is 0 Å². The number of hydrogen-bond acceptors (Lipinski definition) is 4. The molecule has 0 radical (unpaired) electrons. The van der Waals surface area contributed by atoms with E-state index in [2.05, 4.69) is 5.10 Å². The minimum Gasteiger partial charge on any atom is -0.497 e. The fraction of sp³-hybridized carbons (Fsp3) is 0.286. The molecular weight excluding hydrogens is 242 g/mol. The van der Waals surface area contributed by atoms with Gasteiger partial charge in [-0.1, -0.05) is 19.1 Å². The van der Waals surface area contributed by atoms with Crippen LogP contribution in [0.25, 0.3) is 11.3 Å². The Labute approximate surface area is 111 Å². The first-order valence-electron chi connectivity index (χ1n) is 6.15. The molecule has 0 fully saturated rings. The van der Waals surface area contributed by atoms with Gasteiger partial charge in [-0.15, -0.1) is 0 Å². The monoisotopic (exact) mass is 259 g/mol. The quantitative estimate of drug-likeness (QED) is 0.908. The fourth-order valence-electron chi connectivity index (χ4n) is 1.77. The molecule has 1 atom stereocenters. The second-order valence-corrected chi connectivity index (χ2v) is 4.21. The molecule has 100 valence electrons. The van der Waals surface area contributed by atoms with E-state index in [0.29, 0.717) is 12.1 Å². The summed E-state index contributed by atoms with van der Waals surface area (Å²) in [6.07, 6.45) is 0.243. The van der Waals surface area contributed by atoms with Crippen LogP contribution in [0.1, 0.15) is 19.5 Å². The normalized spacial score (nSPS) is 12.2. The molecule has 2 rings (SSSR count). The van der Waals surface area contributed by atoms with Gasteiger partial charge in [0.15, 0.2) is 0 Å². The summed E-state index contributed by atoms with van der Waals surface area (Å²) in [6.45, 7) is 1.91. The van der Waals surface area contributed by atoms with Crippen LogP contribution in [0.5, 0.6) is 5.75 Å². The minimum atomic E-state index is -0.405. The molecule has 0 aliphatic rings. The Bertz CT molecular complexity index is 622. The summed E-state index contributed by atoms with van der Waals surface area (Å²) in [5.74, 6) is 0.747. The molecule has 1 unspecified atom stereocenters. The zero-order valence-electron chi connectivity index (χ0n) is 11.0. The largest absolute Gasteiger partial charge is 0.497 e. The van der Waals surface area contributed by atoms with Crippen molar-refractivity contribution < 1.29 is 4.74 Å². The van der Waals surface area contributed by atoms with Gasteiger partial charge in [-0.2, -0.15) is 5.10 Å². The summed E-state index contributed by atoms with van der Waals surface area (Å²) in [5, 5.41) is 4.31. The van der Waals surface area contributed by atoms with Gasteiger partial charge in [0.05, 0.1) is 12.8 Å². The average Bonchev–Trinajstić information content (AvgIpc) is 2.47. The third-order valence-corrected chi connectivity index (χ3v) is 2.92. The fourth-order valence-corrected chi connectivity index (χ4v) is 1.77. The summed E-state index contributed by atoms with van der Waals surface area (Å²) in [4.78, 5) is 11.7. The molecule has 2 aromatic rings. The van der Waals surface area contributed by atoms with Gasteiger partial charge in [0.25, 0.3) is 5.56 Å². The summed E-state index contributed by atoms with van der Waals surface area (Å²) >= 11 is 0. The predicted octanol–water partition coefficient (Wildman–Crippen LogP) is 1.79. The Morgan fingerprint density at radius 3 is 2.84 bits per heavy atom. The van der Waals surface area contributed by atoms with E-state index in [4.69, 9.17) is 10.5 Å². The lowest BCUT2D eigenvalue weighted by Gasteiger charge is -2.12. The summed E-state index contributed by atoms with van der Waals surface area (Å²) < 4.78 is 6.49. The van der Waals surface area contributed by atoms with E-state index in [1.165, 1.54) is 10.7 Å². The maximum Gasteiger partial charge on any atom is 0.268 e. The summed E-state index contributed by atoms with van der Waals surface area (Å²) in [5.41, 5.74) is 7.26. The molecule has 0 saturated carbocycles.